The Kier molecular flexibility index (Phi) is 6.60. The number of rotatable bonds is 7. The van der Waals surface area contributed by atoms with Crippen molar-refractivity contribution in [2.24, 2.45) is 7.05 Å². The lowest BCUT2D eigenvalue weighted by Crippen LogP contribution is -2.32. The second-order valence-electron chi connectivity index (χ2n) is 6.83. The highest BCUT2D eigenvalue weighted by Crippen LogP contribution is 2.24. The fourth-order valence-corrected chi connectivity index (χ4v) is 4.30. The van der Waals surface area contributed by atoms with Gasteiger partial charge < -0.3 is 9.88 Å². The number of carbonyl (C=O) groups excluding carboxylic acids is 1. The summed E-state index contributed by atoms with van der Waals surface area (Å²) in [6.45, 7) is 3.72. The molecule has 3 rings (SSSR count). The number of carbonyl (C=O) groups is 1. The Morgan fingerprint density at radius 3 is 2.50 bits per heavy atom. The van der Waals surface area contributed by atoms with Crippen LogP contribution >= 0.6 is 11.6 Å². The Morgan fingerprint density at radius 1 is 1.20 bits per heavy atom. The molecule has 158 valence electrons. The minimum atomic E-state index is -3.68. The first kappa shape index (κ1) is 22.0. The summed E-state index contributed by atoms with van der Waals surface area (Å²) in [7, 11) is -1.84. The molecule has 2 N–H and O–H groups in total. The Balaban J connectivity index is 1.99. The van der Waals surface area contributed by atoms with Crippen molar-refractivity contribution in [3.63, 3.8) is 0 Å². The zero-order valence-corrected chi connectivity index (χ0v) is 18.5. The lowest BCUT2D eigenvalue weighted by molar-refractivity contribution is 0.0940. The average Bonchev–Trinajstić information content (AvgIpc) is 3.12. The highest BCUT2D eigenvalue weighted by Gasteiger charge is 2.23. The van der Waals surface area contributed by atoms with Crippen LogP contribution in [0.4, 0.5) is 0 Å². The molecule has 3 aromatic rings. The molecule has 1 heterocycles. The number of aromatic nitrogens is 2. The number of hydrogen-bond acceptors (Lipinski definition) is 4. The number of benzene rings is 2. The molecule has 30 heavy (non-hydrogen) atoms. The second kappa shape index (κ2) is 8.99. The molecule has 0 fully saturated rings. The molecule has 1 aromatic heterocycles. The van der Waals surface area contributed by atoms with Crippen molar-refractivity contribution in [3.8, 4) is 0 Å². The van der Waals surface area contributed by atoms with Crippen LogP contribution in [-0.2, 0) is 17.1 Å². The largest absolute Gasteiger partial charge is 0.338 e. The van der Waals surface area contributed by atoms with Gasteiger partial charge in [-0.3, -0.25) is 4.79 Å². The van der Waals surface area contributed by atoms with Gasteiger partial charge in [-0.25, -0.2) is 18.1 Å². The van der Waals surface area contributed by atoms with E-state index in [4.69, 9.17) is 11.6 Å². The Hall–Kier alpha value is -2.68. The predicted octanol–water partition coefficient (Wildman–Crippen LogP) is 3.20. The van der Waals surface area contributed by atoms with E-state index in [9.17, 15) is 13.2 Å². The van der Waals surface area contributed by atoms with Gasteiger partial charge >= 0.3 is 0 Å². The van der Waals surface area contributed by atoms with Gasteiger partial charge in [0.15, 0.2) is 0 Å². The van der Waals surface area contributed by atoms with Crippen LogP contribution in [0.15, 0.2) is 59.8 Å². The molecule has 0 saturated heterocycles. The normalized spacial score (nSPS) is 12.5. The van der Waals surface area contributed by atoms with E-state index in [-0.39, 0.29) is 17.0 Å². The van der Waals surface area contributed by atoms with E-state index >= 15 is 0 Å². The smallest absolute Gasteiger partial charge is 0.252 e. The predicted molar refractivity (Wildman–Crippen MR) is 116 cm³/mol. The van der Waals surface area contributed by atoms with Crippen LogP contribution in [0.25, 0.3) is 0 Å². The van der Waals surface area contributed by atoms with E-state index in [1.54, 1.807) is 44.4 Å². The summed E-state index contributed by atoms with van der Waals surface area (Å²) in [6, 6.07) is 11.1. The number of sulfonamides is 1. The molecule has 0 bridgehead atoms. The van der Waals surface area contributed by atoms with Crippen molar-refractivity contribution >= 4 is 27.5 Å². The molecule has 0 saturated carbocycles. The van der Waals surface area contributed by atoms with Crippen LogP contribution in [-0.4, -0.2) is 30.4 Å². The minimum absolute atomic E-state index is 0.0418. The first-order valence-electron chi connectivity index (χ1n) is 9.36. The number of amides is 1. The van der Waals surface area contributed by atoms with Crippen LogP contribution in [0, 0.1) is 6.92 Å². The third-order valence-corrected chi connectivity index (χ3v) is 6.49. The quantitative estimate of drug-likeness (QED) is 0.582. The summed E-state index contributed by atoms with van der Waals surface area (Å²) in [4.78, 5) is 17.6. The van der Waals surface area contributed by atoms with Gasteiger partial charge in [0.1, 0.15) is 11.9 Å². The molecule has 0 unspecified atom stereocenters. The molecule has 7 nitrogen and oxygen atoms in total. The van der Waals surface area contributed by atoms with Crippen LogP contribution < -0.4 is 10.0 Å². The SMILES string of the molecule is CCNS(=O)(=O)c1ccc(C)c(C(=O)N[C@@H](c2ccc(Cl)cc2)c2nccn2C)c1. The molecular formula is C21H23ClN4O3S. The third-order valence-electron chi connectivity index (χ3n) is 4.69. The summed E-state index contributed by atoms with van der Waals surface area (Å²) in [5.74, 6) is 0.240. The first-order valence-corrected chi connectivity index (χ1v) is 11.2. The Labute approximate surface area is 181 Å². The monoisotopic (exact) mass is 446 g/mol. The van der Waals surface area contributed by atoms with Crippen molar-refractivity contribution in [1.29, 1.82) is 0 Å². The summed E-state index contributed by atoms with van der Waals surface area (Å²) < 4.78 is 29.0. The number of nitrogens with one attached hydrogen (secondary N) is 2. The van der Waals surface area contributed by atoms with E-state index in [0.29, 0.717) is 16.4 Å². The van der Waals surface area contributed by atoms with Gasteiger partial charge in [-0.05, 0) is 42.3 Å². The van der Waals surface area contributed by atoms with E-state index in [0.717, 1.165) is 5.56 Å². The average molecular weight is 447 g/mol. The molecule has 0 aliphatic carbocycles. The number of hydrogen-bond donors (Lipinski definition) is 2. The lowest BCUT2D eigenvalue weighted by Gasteiger charge is -2.20. The molecule has 9 heteroatoms. The maximum absolute atomic E-state index is 13.2. The topological polar surface area (TPSA) is 93.1 Å². The van der Waals surface area contributed by atoms with Crippen molar-refractivity contribution in [1.82, 2.24) is 19.6 Å². The van der Waals surface area contributed by atoms with Crippen molar-refractivity contribution < 1.29 is 13.2 Å². The number of nitrogens with zero attached hydrogens (tertiary/aromatic N) is 2. The van der Waals surface area contributed by atoms with Gasteiger partial charge in [-0.15, -0.1) is 0 Å². The number of imidazole rings is 1. The standard InChI is InChI=1S/C21H23ClN4O3S/c1-4-24-30(28,29)17-10-5-14(2)18(13-17)21(27)25-19(20-23-11-12-26(20)3)15-6-8-16(22)9-7-15/h5-13,19,24H,4H2,1-3H3,(H,25,27)/t19-/m0/s1. The molecule has 0 aliphatic heterocycles. The van der Waals surface area contributed by atoms with Gasteiger partial charge in [0, 0.05) is 36.6 Å². The third kappa shape index (κ3) is 4.72. The minimum Gasteiger partial charge on any atom is -0.338 e. The molecule has 1 amide bonds. The van der Waals surface area contributed by atoms with E-state index in [2.05, 4.69) is 15.0 Å². The van der Waals surface area contributed by atoms with Crippen LogP contribution in [0.5, 0.6) is 0 Å². The lowest BCUT2D eigenvalue weighted by atomic mass is 10.0. The summed E-state index contributed by atoms with van der Waals surface area (Å²) in [6.07, 6.45) is 3.44. The van der Waals surface area contributed by atoms with E-state index in [1.807, 2.05) is 23.7 Å². The maximum atomic E-state index is 13.2. The highest BCUT2D eigenvalue weighted by atomic mass is 35.5. The van der Waals surface area contributed by atoms with Gasteiger partial charge in [0.2, 0.25) is 10.0 Å². The van der Waals surface area contributed by atoms with E-state index < -0.39 is 22.0 Å². The van der Waals surface area contributed by atoms with Crippen molar-refractivity contribution in [3.05, 3.63) is 82.4 Å². The van der Waals surface area contributed by atoms with Crippen molar-refractivity contribution in [2.45, 2.75) is 24.8 Å². The molecular weight excluding hydrogens is 424 g/mol. The van der Waals surface area contributed by atoms with E-state index in [1.165, 1.54) is 12.1 Å². The maximum Gasteiger partial charge on any atom is 0.252 e. The van der Waals surface area contributed by atoms with Gasteiger partial charge in [0.05, 0.1) is 4.90 Å². The zero-order valence-electron chi connectivity index (χ0n) is 16.9. The van der Waals surface area contributed by atoms with Crippen LogP contribution in [0.2, 0.25) is 5.02 Å². The van der Waals surface area contributed by atoms with Gasteiger partial charge in [-0.2, -0.15) is 0 Å². The first-order chi connectivity index (χ1) is 14.2. The summed E-state index contributed by atoms with van der Waals surface area (Å²) in [5.41, 5.74) is 1.75. The fourth-order valence-electron chi connectivity index (χ4n) is 3.10. The van der Waals surface area contributed by atoms with Crippen LogP contribution in [0.1, 0.15) is 40.3 Å². The fraction of sp³-hybridized carbons (Fsp3) is 0.238. The molecule has 1 atom stereocenters. The zero-order chi connectivity index (χ0) is 21.9. The summed E-state index contributed by atoms with van der Waals surface area (Å²) in [5, 5.41) is 3.57. The number of aryl methyl sites for hydroxylation is 2. The van der Waals surface area contributed by atoms with Crippen molar-refractivity contribution in [2.75, 3.05) is 6.54 Å². The second-order valence-corrected chi connectivity index (χ2v) is 9.04. The highest BCUT2D eigenvalue weighted by molar-refractivity contribution is 7.89. The summed E-state index contributed by atoms with van der Waals surface area (Å²) >= 11 is 6.01. The van der Waals surface area contributed by atoms with Crippen LogP contribution in [0.3, 0.4) is 0 Å². The molecule has 2 aromatic carbocycles. The Morgan fingerprint density at radius 2 is 1.90 bits per heavy atom. The molecule has 0 aliphatic rings. The molecule has 0 spiro atoms. The van der Waals surface area contributed by atoms with Gasteiger partial charge in [-0.1, -0.05) is 36.7 Å². The van der Waals surface area contributed by atoms with Gasteiger partial charge in [0.25, 0.3) is 5.91 Å². The Bertz CT molecular complexity index is 1160. The number of halogens is 1. The molecule has 0 radical (unpaired) electrons.